The molecule has 4 rings (SSSR count). The first-order chi connectivity index (χ1) is 16.0. The van der Waals surface area contributed by atoms with Crippen LogP contribution in [0.5, 0.6) is 0 Å². The van der Waals surface area contributed by atoms with Crippen molar-refractivity contribution < 1.29 is 4.79 Å². The number of hydrogen-bond donors (Lipinski definition) is 3. The maximum atomic E-state index is 13.2. The Morgan fingerprint density at radius 2 is 1.88 bits per heavy atom. The van der Waals surface area contributed by atoms with E-state index in [4.69, 9.17) is 0 Å². The first-order valence-corrected chi connectivity index (χ1v) is 10.7. The molecule has 0 aliphatic carbocycles. The van der Waals surface area contributed by atoms with Crippen molar-refractivity contribution >= 4 is 23.5 Å². The SMILES string of the molecule is Cc1ccc(NC(=O)N2CCN(/C(=N\C#N)Nc3cc(C)[nH]n3)CC2c2ccccc2)cc1. The molecule has 0 bridgehead atoms. The van der Waals surface area contributed by atoms with Crippen LogP contribution in [0.3, 0.4) is 0 Å². The summed E-state index contributed by atoms with van der Waals surface area (Å²) >= 11 is 0. The van der Waals surface area contributed by atoms with Crippen molar-refractivity contribution in [3.63, 3.8) is 0 Å². The van der Waals surface area contributed by atoms with Crippen molar-refractivity contribution in [1.82, 2.24) is 20.0 Å². The highest BCUT2D eigenvalue weighted by Gasteiger charge is 2.33. The summed E-state index contributed by atoms with van der Waals surface area (Å²) in [4.78, 5) is 21.0. The number of rotatable bonds is 3. The zero-order valence-corrected chi connectivity index (χ0v) is 18.6. The molecule has 0 saturated carbocycles. The smallest absolute Gasteiger partial charge is 0.322 e. The summed E-state index contributed by atoms with van der Waals surface area (Å²) in [6.45, 7) is 5.36. The van der Waals surface area contributed by atoms with Gasteiger partial charge in [0.05, 0.1) is 6.04 Å². The monoisotopic (exact) mass is 442 g/mol. The Labute approximate surface area is 192 Å². The van der Waals surface area contributed by atoms with E-state index in [-0.39, 0.29) is 12.1 Å². The Balaban J connectivity index is 1.56. The van der Waals surface area contributed by atoms with E-state index in [2.05, 4.69) is 25.8 Å². The van der Waals surface area contributed by atoms with Crippen molar-refractivity contribution in [2.24, 2.45) is 4.99 Å². The zero-order chi connectivity index (χ0) is 23.2. The molecule has 1 unspecified atom stereocenters. The Morgan fingerprint density at radius 3 is 2.55 bits per heavy atom. The van der Waals surface area contributed by atoms with E-state index in [1.165, 1.54) is 0 Å². The lowest BCUT2D eigenvalue weighted by molar-refractivity contribution is 0.136. The summed E-state index contributed by atoms with van der Waals surface area (Å²) in [6.07, 6.45) is 1.87. The molecule has 0 spiro atoms. The highest BCUT2D eigenvalue weighted by Crippen LogP contribution is 2.27. The minimum absolute atomic E-state index is 0.165. The second-order valence-corrected chi connectivity index (χ2v) is 7.96. The van der Waals surface area contributed by atoms with Crippen LogP contribution in [0.2, 0.25) is 0 Å². The van der Waals surface area contributed by atoms with Crippen molar-refractivity contribution in [2.45, 2.75) is 19.9 Å². The molecule has 1 saturated heterocycles. The van der Waals surface area contributed by atoms with Gasteiger partial charge in [-0.2, -0.15) is 10.4 Å². The van der Waals surface area contributed by atoms with Gasteiger partial charge < -0.3 is 20.4 Å². The lowest BCUT2D eigenvalue weighted by Crippen LogP contribution is -2.54. The van der Waals surface area contributed by atoms with Gasteiger partial charge in [0.2, 0.25) is 12.2 Å². The third kappa shape index (κ3) is 5.30. The molecule has 2 aromatic carbocycles. The average molecular weight is 443 g/mol. The van der Waals surface area contributed by atoms with Crippen LogP contribution in [0, 0.1) is 25.3 Å². The maximum absolute atomic E-state index is 13.2. The molecule has 2 heterocycles. The fourth-order valence-electron chi connectivity index (χ4n) is 3.83. The largest absolute Gasteiger partial charge is 0.338 e. The molecule has 168 valence electrons. The molecule has 2 amide bonds. The molecule has 3 aromatic rings. The molecule has 33 heavy (non-hydrogen) atoms. The van der Waals surface area contributed by atoms with Gasteiger partial charge in [-0.05, 0) is 31.5 Å². The third-order valence-electron chi connectivity index (χ3n) is 5.53. The molecule has 1 aromatic heterocycles. The van der Waals surface area contributed by atoms with Crippen molar-refractivity contribution in [3.8, 4) is 6.19 Å². The molecule has 9 nitrogen and oxygen atoms in total. The van der Waals surface area contributed by atoms with Gasteiger partial charge in [0, 0.05) is 37.1 Å². The predicted molar refractivity (Wildman–Crippen MR) is 128 cm³/mol. The number of aromatic amines is 1. The predicted octanol–water partition coefficient (Wildman–Crippen LogP) is 3.87. The van der Waals surface area contributed by atoms with E-state index in [0.29, 0.717) is 31.4 Å². The number of hydrogen-bond acceptors (Lipinski definition) is 4. The number of carbonyl (C=O) groups is 1. The topological polar surface area (TPSA) is 112 Å². The van der Waals surface area contributed by atoms with Crippen LogP contribution in [0.25, 0.3) is 0 Å². The molecule has 1 aliphatic heterocycles. The average Bonchev–Trinajstić information content (AvgIpc) is 3.25. The quantitative estimate of drug-likeness (QED) is 0.324. The van der Waals surface area contributed by atoms with E-state index in [0.717, 1.165) is 22.5 Å². The summed E-state index contributed by atoms with van der Waals surface area (Å²) < 4.78 is 0. The highest BCUT2D eigenvalue weighted by atomic mass is 16.2. The van der Waals surface area contributed by atoms with Crippen LogP contribution in [-0.4, -0.2) is 51.6 Å². The van der Waals surface area contributed by atoms with E-state index in [1.54, 1.807) is 0 Å². The lowest BCUT2D eigenvalue weighted by Gasteiger charge is -2.42. The number of guanidine groups is 1. The number of benzene rings is 2. The number of anilines is 2. The molecular formula is C24H26N8O. The number of H-pyrrole nitrogens is 1. The number of nitriles is 1. The van der Waals surface area contributed by atoms with Crippen molar-refractivity contribution in [1.29, 1.82) is 5.26 Å². The lowest BCUT2D eigenvalue weighted by atomic mass is 10.0. The summed E-state index contributed by atoms with van der Waals surface area (Å²) in [5.74, 6) is 0.987. The van der Waals surface area contributed by atoms with Gasteiger partial charge in [0.1, 0.15) is 0 Å². The molecule has 1 atom stereocenters. The second-order valence-electron chi connectivity index (χ2n) is 7.96. The van der Waals surface area contributed by atoms with Crippen LogP contribution in [0.4, 0.5) is 16.3 Å². The number of nitrogens with zero attached hydrogens (tertiary/aromatic N) is 5. The summed E-state index contributed by atoms with van der Waals surface area (Å²) in [5, 5.41) is 22.4. The van der Waals surface area contributed by atoms with E-state index < -0.39 is 0 Å². The number of aromatic nitrogens is 2. The molecule has 1 aliphatic rings. The summed E-state index contributed by atoms with van der Waals surface area (Å²) in [5.41, 5.74) is 3.79. The second kappa shape index (κ2) is 9.87. The molecule has 1 fully saturated rings. The summed E-state index contributed by atoms with van der Waals surface area (Å²) in [6, 6.07) is 19.1. The Kier molecular flexibility index (Phi) is 6.55. The molecule has 3 N–H and O–H groups in total. The number of piperazine rings is 1. The van der Waals surface area contributed by atoms with E-state index >= 15 is 0 Å². The summed E-state index contributed by atoms with van der Waals surface area (Å²) in [7, 11) is 0. The van der Waals surface area contributed by atoms with Gasteiger partial charge in [-0.1, -0.05) is 48.0 Å². The highest BCUT2D eigenvalue weighted by molar-refractivity contribution is 5.94. The van der Waals surface area contributed by atoms with Gasteiger partial charge in [0.15, 0.2) is 5.82 Å². The fourth-order valence-corrected chi connectivity index (χ4v) is 3.83. The van der Waals surface area contributed by atoms with Crippen molar-refractivity contribution in [3.05, 3.63) is 77.5 Å². The van der Waals surface area contributed by atoms with Crippen LogP contribution in [0.1, 0.15) is 22.9 Å². The number of urea groups is 1. The molecular weight excluding hydrogens is 416 g/mol. The van der Waals surface area contributed by atoms with Crippen LogP contribution in [-0.2, 0) is 0 Å². The maximum Gasteiger partial charge on any atom is 0.322 e. The van der Waals surface area contributed by atoms with Crippen LogP contribution in [0.15, 0.2) is 65.7 Å². The standard InChI is InChI=1S/C24H26N8O/c1-17-8-10-20(11-9-17)27-24(33)32-13-12-31(15-21(32)19-6-4-3-5-7-19)23(26-16-25)28-22-14-18(2)29-30-22/h3-11,14,21H,12-13,15H2,1-2H3,(H,27,33)(H2,26,28,29,30). The number of nitrogens with one attached hydrogen (secondary N) is 3. The first-order valence-electron chi connectivity index (χ1n) is 10.7. The third-order valence-corrected chi connectivity index (χ3v) is 5.53. The molecule has 0 radical (unpaired) electrons. The van der Waals surface area contributed by atoms with E-state index in [9.17, 15) is 10.1 Å². The normalized spacial score (nSPS) is 16.3. The minimum Gasteiger partial charge on any atom is -0.338 e. The number of amides is 2. The van der Waals surface area contributed by atoms with Gasteiger partial charge in [-0.25, -0.2) is 4.79 Å². The Hall–Kier alpha value is -4.32. The Morgan fingerprint density at radius 1 is 1.12 bits per heavy atom. The van der Waals surface area contributed by atoms with Gasteiger partial charge >= 0.3 is 6.03 Å². The van der Waals surface area contributed by atoms with Gasteiger partial charge in [0.25, 0.3) is 0 Å². The number of carbonyl (C=O) groups excluding carboxylic acids is 1. The van der Waals surface area contributed by atoms with Crippen molar-refractivity contribution in [2.75, 3.05) is 30.3 Å². The van der Waals surface area contributed by atoms with Crippen LogP contribution < -0.4 is 10.6 Å². The van der Waals surface area contributed by atoms with Gasteiger partial charge in [-0.3, -0.25) is 5.10 Å². The van der Waals surface area contributed by atoms with E-state index in [1.807, 2.05) is 90.5 Å². The van der Waals surface area contributed by atoms with Crippen LogP contribution >= 0.6 is 0 Å². The Bertz CT molecular complexity index is 1160. The number of aryl methyl sites for hydroxylation is 2. The fraction of sp³-hybridized carbons (Fsp3) is 0.250. The minimum atomic E-state index is -0.225. The first kappa shape index (κ1) is 21.9. The zero-order valence-electron chi connectivity index (χ0n) is 18.6. The van der Waals surface area contributed by atoms with Gasteiger partial charge in [-0.15, -0.1) is 4.99 Å². The molecule has 9 heteroatoms. The number of aliphatic imine (C=N–C) groups is 1.